The first-order chi connectivity index (χ1) is 24.5. The summed E-state index contributed by atoms with van der Waals surface area (Å²) in [6.45, 7) is 3.56. The first kappa shape index (κ1) is 36.6. The van der Waals surface area contributed by atoms with E-state index in [4.69, 9.17) is 14.7 Å². The van der Waals surface area contributed by atoms with Gasteiger partial charge in [0.25, 0.3) is 0 Å². The van der Waals surface area contributed by atoms with Crippen LogP contribution in [0, 0.1) is 0 Å². The third-order valence-electron chi connectivity index (χ3n) is 7.68. The van der Waals surface area contributed by atoms with Gasteiger partial charge in [0, 0.05) is 11.3 Å². The van der Waals surface area contributed by atoms with Crippen LogP contribution in [0.15, 0.2) is 123 Å². The van der Waals surface area contributed by atoms with E-state index in [-0.39, 0.29) is 15.7 Å². The number of nitrogens with one attached hydrogen (secondary N) is 5. The Labute approximate surface area is 297 Å². The highest BCUT2D eigenvalue weighted by molar-refractivity contribution is 7.89. The molecule has 0 fully saturated rings. The molecule has 5 aromatic rings. The molecule has 0 spiro atoms. The van der Waals surface area contributed by atoms with Gasteiger partial charge in [0.2, 0.25) is 26.0 Å². The smallest absolute Gasteiger partial charge is 0.240 e. The van der Waals surface area contributed by atoms with Crippen LogP contribution in [0.1, 0.15) is 25.0 Å². The Balaban J connectivity index is 1.60. The summed E-state index contributed by atoms with van der Waals surface area (Å²) in [6, 6.07) is 29.4. The molecule has 5 rings (SSSR count). The van der Waals surface area contributed by atoms with Crippen molar-refractivity contribution in [3.8, 4) is 16.9 Å². The number of hydrogen-bond donors (Lipinski definition) is 5. The van der Waals surface area contributed by atoms with Gasteiger partial charge in [-0.25, -0.2) is 26.3 Å². The van der Waals surface area contributed by atoms with E-state index >= 15 is 0 Å². The van der Waals surface area contributed by atoms with Gasteiger partial charge >= 0.3 is 0 Å². The van der Waals surface area contributed by atoms with E-state index in [9.17, 15) is 16.8 Å². The predicted molar refractivity (Wildman–Crippen MR) is 201 cm³/mol. The van der Waals surface area contributed by atoms with Crippen molar-refractivity contribution < 1.29 is 21.6 Å². The number of benzene rings is 4. The highest BCUT2D eigenvalue weighted by Gasteiger charge is 2.21. The molecule has 0 radical (unpaired) electrons. The van der Waals surface area contributed by atoms with Crippen LogP contribution in [-0.2, 0) is 20.0 Å². The van der Waals surface area contributed by atoms with Gasteiger partial charge in [-0.2, -0.15) is 20.2 Å². The van der Waals surface area contributed by atoms with E-state index in [0.717, 1.165) is 5.69 Å². The summed E-state index contributed by atoms with van der Waals surface area (Å²) in [7, 11) is -2.92. The standard InChI is InChI=1S/C35H37N9O5S2/c1-23(25-15-19-28(20-16-25)50(45,46)36-3)41-43-33-32(30-13-9-10-14-31(30)49-5)34(40-35(39-33)38-27-11-7-6-8-12-27)44-42-24(2)26-17-21-29(22-18-26)51(47,48)37-4/h6-22,36-37H,1-5H3,(H3,38,39,40,43,44). The molecule has 0 aliphatic rings. The van der Waals surface area contributed by atoms with Crippen molar-refractivity contribution in [3.63, 3.8) is 0 Å². The Kier molecular flexibility index (Phi) is 11.4. The number of ether oxygens (including phenoxy) is 1. The van der Waals surface area contributed by atoms with Crippen molar-refractivity contribution in [1.82, 2.24) is 19.4 Å². The zero-order valence-electron chi connectivity index (χ0n) is 28.5. The molecule has 0 aliphatic heterocycles. The lowest BCUT2D eigenvalue weighted by Gasteiger charge is -2.18. The number of methoxy groups -OCH3 is 1. The van der Waals surface area contributed by atoms with E-state index < -0.39 is 20.0 Å². The molecule has 0 aliphatic carbocycles. The van der Waals surface area contributed by atoms with Gasteiger partial charge in [-0.1, -0.05) is 60.7 Å². The summed E-state index contributed by atoms with van der Waals surface area (Å²) in [4.78, 5) is 9.85. The maximum Gasteiger partial charge on any atom is 0.240 e. The topological polar surface area (TPSA) is 188 Å². The fourth-order valence-electron chi connectivity index (χ4n) is 4.82. The molecule has 1 aromatic heterocycles. The van der Waals surface area contributed by atoms with Gasteiger partial charge < -0.3 is 10.1 Å². The molecular weight excluding hydrogens is 691 g/mol. The average molecular weight is 728 g/mol. The third-order valence-corrected chi connectivity index (χ3v) is 10.5. The summed E-state index contributed by atoms with van der Waals surface area (Å²) in [5, 5.41) is 12.4. The fraction of sp³-hybridized carbons (Fsp3) is 0.143. The van der Waals surface area contributed by atoms with Crippen molar-refractivity contribution in [2.75, 3.05) is 37.4 Å². The first-order valence-corrected chi connectivity index (χ1v) is 18.5. The summed E-state index contributed by atoms with van der Waals surface area (Å²) < 4.78 is 59.2. The molecule has 0 unspecified atom stereocenters. The number of nitrogens with zero attached hydrogens (tertiary/aromatic N) is 4. The lowest BCUT2D eigenvalue weighted by Crippen LogP contribution is -2.18. The second-order valence-corrected chi connectivity index (χ2v) is 14.7. The van der Waals surface area contributed by atoms with Crippen LogP contribution in [0.4, 0.5) is 23.3 Å². The molecule has 264 valence electrons. The Morgan fingerprint density at radius 1 is 0.627 bits per heavy atom. The molecule has 16 heteroatoms. The number of hydrazone groups is 2. The number of sulfonamides is 2. The van der Waals surface area contributed by atoms with Crippen LogP contribution in [0.25, 0.3) is 11.1 Å². The lowest BCUT2D eigenvalue weighted by atomic mass is 10.1. The highest BCUT2D eigenvalue weighted by Crippen LogP contribution is 2.40. The monoisotopic (exact) mass is 727 g/mol. The van der Waals surface area contributed by atoms with Crippen molar-refractivity contribution >= 4 is 54.7 Å². The molecule has 0 saturated heterocycles. The van der Waals surface area contributed by atoms with Crippen LogP contribution < -0.4 is 30.3 Å². The first-order valence-electron chi connectivity index (χ1n) is 15.5. The van der Waals surface area contributed by atoms with Gasteiger partial charge in [0.15, 0.2) is 11.6 Å². The van der Waals surface area contributed by atoms with Crippen LogP contribution in [0.5, 0.6) is 5.75 Å². The van der Waals surface area contributed by atoms with Gasteiger partial charge in [-0.15, -0.1) is 0 Å². The Morgan fingerprint density at radius 2 is 1.08 bits per heavy atom. The van der Waals surface area contributed by atoms with Crippen LogP contribution >= 0.6 is 0 Å². The van der Waals surface area contributed by atoms with Crippen LogP contribution in [0.2, 0.25) is 0 Å². The summed E-state index contributed by atoms with van der Waals surface area (Å²) >= 11 is 0. The van der Waals surface area contributed by atoms with E-state index in [1.807, 2.05) is 54.6 Å². The molecule has 4 aromatic carbocycles. The zero-order chi connectivity index (χ0) is 36.6. The maximum atomic E-state index is 12.2. The van der Waals surface area contributed by atoms with E-state index in [0.29, 0.717) is 51.1 Å². The molecule has 51 heavy (non-hydrogen) atoms. The van der Waals surface area contributed by atoms with E-state index in [1.165, 1.54) is 38.4 Å². The van der Waals surface area contributed by atoms with Crippen LogP contribution in [-0.4, -0.2) is 59.4 Å². The summed E-state index contributed by atoms with van der Waals surface area (Å²) in [6.07, 6.45) is 0. The Hall–Kier alpha value is -5.68. The Morgan fingerprint density at radius 3 is 1.53 bits per heavy atom. The second kappa shape index (κ2) is 15.9. The third kappa shape index (κ3) is 8.74. The molecule has 0 saturated carbocycles. The van der Waals surface area contributed by atoms with Gasteiger partial charge in [-0.3, -0.25) is 10.9 Å². The number of hydrogen-bond acceptors (Lipinski definition) is 12. The number of anilines is 4. The average Bonchev–Trinajstić information content (AvgIpc) is 3.16. The zero-order valence-corrected chi connectivity index (χ0v) is 30.1. The quantitative estimate of drug-likeness (QED) is 0.0734. The second-order valence-electron chi connectivity index (χ2n) is 10.9. The maximum absolute atomic E-state index is 12.2. The number of para-hydroxylation sites is 2. The SMILES string of the molecule is CNS(=O)(=O)c1ccc(C(C)=NNc2nc(Nc3ccccc3)nc(NN=C(C)c3ccc(S(=O)(=O)NC)cc3)c2-c2ccccc2OC)cc1. The molecular formula is C35H37N9O5S2. The molecule has 0 amide bonds. The van der Waals surface area contributed by atoms with Crippen molar-refractivity contribution in [1.29, 1.82) is 0 Å². The van der Waals surface area contributed by atoms with E-state index in [1.54, 1.807) is 45.2 Å². The molecule has 1 heterocycles. The molecule has 5 N–H and O–H groups in total. The van der Waals surface area contributed by atoms with Gasteiger partial charge in [0.1, 0.15) is 5.75 Å². The van der Waals surface area contributed by atoms with Crippen molar-refractivity contribution in [3.05, 3.63) is 114 Å². The molecule has 0 atom stereocenters. The molecule has 0 bridgehead atoms. The predicted octanol–water partition coefficient (Wildman–Crippen LogP) is 5.38. The lowest BCUT2D eigenvalue weighted by molar-refractivity contribution is 0.416. The van der Waals surface area contributed by atoms with Gasteiger partial charge in [0.05, 0.1) is 33.9 Å². The van der Waals surface area contributed by atoms with Crippen molar-refractivity contribution in [2.24, 2.45) is 10.2 Å². The van der Waals surface area contributed by atoms with E-state index in [2.05, 4.69) is 35.8 Å². The Bertz CT molecular complexity index is 2160. The largest absolute Gasteiger partial charge is 0.496 e. The fourth-order valence-corrected chi connectivity index (χ4v) is 6.28. The highest BCUT2D eigenvalue weighted by atomic mass is 32.2. The summed E-state index contributed by atoms with van der Waals surface area (Å²) in [5.74, 6) is 1.38. The summed E-state index contributed by atoms with van der Waals surface area (Å²) in [5.41, 5.74) is 10.5. The molecule has 14 nitrogen and oxygen atoms in total. The minimum atomic E-state index is -3.60. The normalized spacial score (nSPS) is 12.3. The minimum absolute atomic E-state index is 0.130. The van der Waals surface area contributed by atoms with Gasteiger partial charge in [-0.05, 0) is 81.5 Å². The van der Waals surface area contributed by atoms with Crippen LogP contribution in [0.3, 0.4) is 0 Å². The minimum Gasteiger partial charge on any atom is -0.496 e. The van der Waals surface area contributed by atoms with Crippen molar-refractivity contribution in [2.45, 2.75) is 23.6 Å². The number of rotatable bonds is 14. The number of aromatic nitrogens is 2.